The molecule has 0 spiro atoms. The minimum Gasteiger partial charge on any atom is -0.381 e. The third kappa shape index (κ3) is 7.12. The van der Waals surface area contributed by atoms with Crippen molar-refractivity contribution in [1.29, 1.82) is 0 Å². The lowest BCUT2D eigenvalue weighted by atomic mass is 9.90. The number of alkyl halides is 3. The van der Waals surface area contributed by atoms with Crippen molar-refractivity contribution in [2.24, 2.45) is 10.6 Å². The van der Waals surface area contributed by atoms with Gasteiger partial charge in [0.05, 0.1) is 12.4 Å². The fraction of sp³-hybridized carbons (Fsp3) is 1.00. The van der Waals surface area contributed by atoms with Gasteiger partial charge in [-0.3, -0.25) is 0 Å². The Balaban J connectivity index is 2.35. The van der Waals surface area contributed by atoms with Gasteiger partial charge in [-0.15, -0.1) is 0 Å². The first kappa shape index (κ1) is 16.7. The molecule has 0 aromatic rings. The lowest BCUT2D eigenvalue weighted by Gasteiger charge is -2.27. The van der Waals surface area contributed by atoms with Gasteiger partial charge in [0.15, 0.2) is 0 Å². The van der Waals surface area contributed by atoms with Crippen molar-refractivity contribution in [3.63, 3.8) is 0 Å². The number of halogens is 3. The molecule has 1 aliphatic carbocycles. The van der Waals surface area contributed by atoms with E-state index in [2.05, 4.69) is 0 Å². The van der Waals surface area contributed by atoms with E-state index in [1.807, 2.05) is 0 Å². The van der Waals surface area contributed by atoms with Gasteiger partial charge in [0.1, 0.15) is 0 Å². The maximum atomic E-state index is 11.9. The lowest BCUT2D eigenvalue weighted by Crippen LogP contribution is -2.35. The highest BCUT2D eigenvalue weighted by atomic mass is 32.2. The van der Waals surface area contributed by atoms with Crippen molar-refractivity contribution in [1.82, 2.24) is 0 Å². The van der Waals surface area contributed by atoms with E-state index in [4.69, 9.17) is 9.88 Å². The SMILES string of the molecule is NS(=O)(=O)CC1(COCCCC(F)(F)F)CCCC1. The maximum absolute atomic E-state index is 11.9. The Morgan fingerprint density at radius 1 is 1.21 bits per heavy atom. The van der Waals surface area contributed by atoms with Crippen LogP contribution in [0.15, 0.2) is 0 Å². The number of nitrogens with two attached hydrogens (primary N) is 1. The van der Waals surface area contributed by atoms with Crippen LogP contribution < -0.4 is 5.14 Å². The zero-order chi connectivity index (χ0) is 14.6. The maximum Gasteiger partial charge on any atom is 0.389 e. The van der Waals surface area contributed by atoms with E-state index >= 15 is 0 Å². The molecule has 19 heavy (non-hydrogen) atoms. The van der Waals surface area contributed by atoms with Gasteiger partial charge >= 0.3 is 6.18 Å². The van der Waals surface area contributed by atoms with E-state index in [1.165, 1.54) is 0 Å². The van der Waals surface area contributed by atoms with E-state index in [-0.39, 0.29) is 25.4 Å². The quantitative estimate of drug-likeness (QED) is 0.733. The summed E-state index contributed by atoms with van der Waals surface area (Å²) >= 11 is 0. The fourth-order valence-corrected chi connectivity index (χ4v) is 3.77. The molecule has 1 saturated carbocycles. The van der Waals surface area contributed by atoms with Crippen molar-refractivity contribution in [3.8, 4) is 0 Å². The molecular formula is C11H20F3NO3S. The number of hydrogen-bond acceptors (Lipinski definition) is 3. The Hall–Kier alpha value is -0.340. The van der Waals surface area contributed by atoms with Crippen molar-refractivity contribution >= 4 is 10.0 Å². The predicted molar refractivity (Wildman–Crippen MR) is 65.0 cm³/mol. The van der Waals surface area contributed by atoms with Crippen LogP contribution in [-0.4, -0.2) is 33.6 Å². The third-order valence-corrected chi connectivity index (χ3v) is 4.34. The summed E-state index contributed by atoms with van der Waals surface area (Å²) in [5.74, 6) is -0.154. The van der Waals surface area contributed by atoms with Gasteiger partial charge in [0.25, 0.3) is 0 Å². The summed E-state index contributed by atoms with van der Waals surface area (Å²) in [4.78, 5) is 0. The minimum atomic E-state index is -4.17. The molecule has 0 aromatic heterocycles. The smallest absolute Gasteiger partial charge is 0.381 e. The van der Waals surface area contributed by atoms with Crippen LogP contribution in [0.25, 0.3) is 0 Å². The molecule has 0 bridgehead atoms. The summed E-state index contributed by atoms with van der Waals surface area (Å²) < 4.78 is 63.4. The second kappa shape index (κ2) is 6.41. The van der Waals surface area contributed by atoms with Crippen molar-refractivity contribution < 1.29 is 26.3 Å². The molecule has 0 aromatic carbocycles. The molecule has 0 heterocycles. The zero-order valence-corrected chi connectivity index (χ0v) is 11.5. The average molecular weight is 303 g/mol. The van der Waals surface area contributed by atoms with Gasteiger partial charge in [-0.1, -0.05) is 12.8 Å². The number of hydrogen-bond donors (Lipinski definition) is 1. The monoisotopic (exact) mass is 303 g/mol. The molecule has 1 fully saturated rings. The zero-order valence-electron chi connectivity index (χ0n) is 10.7. The summed E-state index contributed by atoms with van der Waals surface area (Å²) in [5, 5.41) is 5.06. The van der Waals surface area contributed by atoms with Crippen LogP contribution >= 0.6 is 0 Å². The highest BCUT2D eigenvalue weighted by Gasteiger charge is 2.37. The van der Waals surface area contributed by atoms with E-state index in [9.17, 15) is 21.6 Å². The Kier molecular flexibility index (Phi) is 5.64. The molecule has 0 unspecified atom stereocenters. The van der Waals surface area contributed by atoms with Crippen LogP contribution in [0.3, 0.4) is 0 Å². The molecule has 4 nitrogen and oxygen atoms in total. The van der Waals surface area contributed by atoms with Crippen LogP contribution in [0.4, 0.5) is 13.2 Å². The van der Waals surface area contributed by atoms with Crippen molar-refractivity contribution in [3.05, 3.63) is 0 Å². The average Bonchev–Trinajstić information content (AvgIpc) is 2.61. The first-order valence-corrected chi connectivity index (χ1v) is 7.99. The first-order chi connectivity index (χ1) is 8.62. The van der Waals surface area contributed by atoms with Gasteiger partial charge in [0, 0.05) is 18.4 Å². The van der Waals surface area contributed by atoms with Crippen molar-refractivity contribution in [2.45, 2.75) is 44.7 Å². The molecule has 0 atom stereocenters. The molecule has 0 radical (unpaired) electrons. The van der Waals surface area contributed by atoms with E-state index in [0.29, 0.717) is 12.8 Å². The minimum absolute atomic E-state index is 0.00806. The topological polar surface area (TPSA) is 69.4 Å². The Labute approximate surface area is 111 Å². The van der Waals surface area contributed by atoms with Crippen LogP contribution in [0, 0.1) is 5.41 Å². The summed E-state index contributed by atoms with van der Waals surface area (Å²) in [6.07, 6.45) is -1.95. The normalized spacial score (nSPS) is 19.8. The summed E-state index contributed by atoms with van der Waals surface area (Å²) in [7, 11) is -3.59. The van der Waals surface area contributed by atoms with E-state index in [1.54, 1.807) is 0 Å². The number of sulfonamides is 1. The molecule has 0 saturated heterocycles. The summed E-state index contributed by atoms with van der Waals surface area (Å²) in [6, 6.07) is 0. The molecule has 1 aliphatic rings. The number of primary sulfonamides is 1. The molecule has 0 amide bonds. The number of ether oxygens (including phenoxy) is 1. The predicted octanol–water partition coefficient (Wildman–Crippen LogP) is 2.19. The molecule has 114 valence electrons. The highest BCUT2D eigenvalue weighted by Crippen LogP contribution is 2.39. The van der Waals surface area contributed by atoms with Crippen LogP contribution in [0.2, 0.25) is 0 Å². The van der Waals surface area contributed by atoms with E-state index in [0.717, 1.165) is 12.8 Å². The molecule has 1 rings (SSSR count). The van der Waals surface area contributed by atoms with Gasteiger partial charge in [-0.05, 0) is 19.3 Å². The highest BCUT2D eigenvalue weighted by molar-refractivity contribution is 7.89. The summed E-state index contributed by atoms with van der Waals surface area (Å²) in [5.41, 5.74) is -0.508. The van der Waals surface area contributed by atoms with Crippen LogP contribution in [0.5, 0.6) is 0 Å². The second-order valence-electron chi connectivity index (χ2n) is 5.29. The van der Waals surface area contributed by atoms with Gasteiger partial charge < -0.3 is 4.74 Å². The Morgan fingerprint density at radius 3 is 2.26 bits per heavy atom. The van der Waals surface area contributed by atoms with Gasteiger partial charge in [-0.25, -0.2) is 13.6 Å². The Morgan fingerprint density at radius 2 is 1.79 bits per heavy atom. The second-order valence-corrected chi connectivity index (χ2v) is 6.90. The van der Waals surface area contributed by atoms with Crippen LogP contribution in [-0.2, 0) is 14.8 Å². The molecular weight excluding hydrogens is 283 g/mol. The number of rotatable bonds is 7. The molecule has 0 aliphatic heterocycles. The van der Waals surface area contributed by atoms with Gasteiger partial charge in [0.2, 0.25) is 10.0 Å². The first-order valence-electron chi connectivity index (χ1n) is 6.27. The van der Waals surface area contributed by atoms with Gasteiger partial charge in [-0.2, -0.15) is 13.2 Å². The fourth-order valence-electron chi connectivity index (χ4n) is 2.55. The third-order valence-electron chi connectivity index (χ3n) is 3.33. The molecule has 2 N–H and O–H groups in total. The molecule has 8 heteroatoms. The lowest BCUT2D eigenvalue weighted by molar-refractivity contribution is -0.138. The van der Waals surface area contributed by atoms with E-state index < -0.39 is 28.0 Å². The Bertz CT molecular complexity index is 375. The van der Waals surface area contributed by atoms with Crippen molar-refractivity contribution in [2.75, 3.05) is 19.0 Å². The standard InChI is InChI=1S/C11H20F3NO3S/c12-11(13,14)6-3-7-18-8-10(4-1-2-5-10)9-19(15,16)17/h1-9H2,(H2,15,16,17). The summed E-state index contributed by atoms with van der Waals surface area (Å²) in [6.45, 7) is 0.160. The van der Waals surface area contributed by atoms with Crippen LogP contribution in [0.1, 0.15) is 38.5 Å². The largest absolute Gasteiger partial charge is 0.389 e.